The zero-order valence-corrected chi connectivity index (χ0v) is 18.3. The molecule has 2 aliphatic heterocycles. The Labute approximate surface area is 194 Å². The number of carbonyl (C=O) groups excluding carboxylic acids is 2. The molecule has 2 saturated heterocycles. The highest BCUT2D eigenvalue weighted by molar-refractivity contribution is 7.22. The molecular formula is C22H18F4N4O3S. The molecule has 2 fully saturated rings. The van der Waals surface area contributed by atoms with E-state index >= 15 is 0 Å². The van der Waals surface area contributed by atoms with Gasteiger partial charge < -0.3 is 15.0 Å². The van der Waals surface area contributed by atoms with Gasteiger partial charge in [0, 0.05) is 12.1 Å². The maximum absolute atomic E-state index is 13.9. The number of nitrogens with one attached hydrogen (secondary N) is 2. The third kappa shape index (κ3) is 4.30. The molecule has 1 aromatic heterocycles. The van der Waals surface area contributed by atoms with Gasteiger partial charge in [0.25, 0.3) is 0 Å². The molecule has 0 aliphatic carbocycles. The maximum Gasteiger partial charge on any atom is 0.404 e. The number of rotatable bonds is 4. The largest absolute Gasteiger partial charge is 0.404 e. The van der Waals surface area contributed by atoms with Gasteiger partial charge in [-0.25, -0.2) is 14.2 Å². The molecule has 0 saturated carbocycles. The smallest absolute Gasteiger partial charge is 0.371 e. The standard InChI is InChI=1S/C22H18F4N4O3S/c23-13-2-4-14(5-3-13)27-19(32)29-20-28-15-6-1-12(9-16(15)34-20)17(22(24,25)26)18(31)30-10-21(11-30)7-8-33-21/h1-6,9,17H,7-8,10-11H2,(H2,27,28,29,32). The van der Waals surface area contributed by atoms with Gasteiger partial charge in [0.2, 0.25) is 5.91 Å². The number of halogens is 4. The van der Waals surface area contributed by atoms with E-state index in [-0.39, 0.29) is 23.8 Å². The van der Waals surface area contributed by atoms with Crippen LogP contribution >= 0.6 is 11.3 Å². The normalized spacial score (nSPS) is 17.7. The van der Waals surface area contributed by atoms with Crippen LogP contribution < -0.4 is 10.6 Å². The predicted molar refractivity (Wildman–Crippen MR) is 117 cm³/mol. The van der Waals surface area contributed by atoms with Crippen molar-refractivity contribution in [2.24, 2.45) is 0 Å². The van der Waals surface area contributed by atoms with Gasteiger partial charge in [0.1, 0.15) is 11.4 Å². The number of hydrogen-bond donors (Lipinski definition) is 2. The first-order valence-electron chi connectivity index (χ1n) is 10.4. The van der Waals surface area contributed by atoms with Crippen molar-refractivity contribution < 1.29 is 31.9 Å². The third-order valence-electron chi connectivity index (χ3n) is 5.88. The van der Waals surface area contributed by atoms with Crippen LogP contribution in [0, 0.1) is 5.82 Å². The Kier molecular flexibility index (Phi) is 5.44. The molecule has 3 amide bonds. The minimum atomic E-state index is -4.77. The van der Waals surface area contributed by atoms with Crippen molar-refractivity contribution in [3.63, 3.8) is 0 Å². The molecule has 1 unspecified atom stereocenters. The minimum Gasteiger partial charge on any atom is -0.371 e. The predicted octanol–water partition coefficient (Wildman–Crippen LogP) is 4.73. The van der Waals surface area contributed by atoms with E-state index in [2.05, 4.69) is 15.6 Å². The summed E-state index contributed by atoms with van der Waals surface area (Å²) in [7, 11) is 0. The number of alkyl halides is 3. The van der Waals surface area contributed by atoms with Gasteiger partial charge in [-0.1, -0.05) is 17.4 Å². The summed E-state index contributed by atoms with van der Waals surface area (Å²) in [5.74, 6) is -3.75. The quantitative estimate of drug-likeness (QED) is 0.514. The molecule has 7 nitrogen and oxygen atoms in total. The molecule has 1 spiro atoms. The van der Waals surface area contributed by atoms with E-state index in [1.54, 1.807) is 0 Å². The van der Waals surface area contributed by atoms with E-state index in [1.807, 2.05) is 0 Å². The lowest BCUT2D eigenvalue weighted by atomic mass is 9.84. The summed E-state index contributed by atoms with van der Waals surface area (Å²) in [6.07, 6.45) is -4.03. The van der Waals surface area contributed by atoms with Crippen LogP contribution in [0.3, 0.4) is 0 Å². The van der Waals surface area contributed by atoms with Crippen LogP contribution in [0.2, 0.25) is 0 Å². The van der Waals surface area contributed by atoms with E-state index in [9.17, 15) is 27.2 Å². The molecule has 1 atom stereocenters. The second-order valence-corrected chi connectivity index (χ2v) is 9.31. The molecule has 3 aromatic rings. The number of fused-ring (bicyclic) bond motifs is 1. The summed E-state index contributed by atoms with van der Waals surface area (Å²) in [6.45, 7) is 0.891. The number of urea groups is 1. The molecule has 2 N–H and O–H groups in total. The first-order valence-corrected chi connectivity index (χ1v) is 11.2. The fourth-order valence-corrected chi connectivity index (χ4v) is 4.98. The van der Waals surface area contributed by atoms with Crippen LogP contribution in [-0.4, -0.2) is 53.3 Å². The molecule has 12 heteroatoms. The molecular weight excluding hydrogens is 476 g/mol. The molecule has 3 heterocycles. The third-order valence-corrected chi connectivity index (χ3v) is 6.81. The highest BCUT2D eigenvalue weighted by atomic mass is 32.1. The summed E-state index contributed by atoms with van der Waals surface area (Å²) in [6, 6.07) is 8.40. The number of aromatic nitrogens is 1. The SMILES string of the molecule is O=C(Nc1ccc(F)cc1)Nc1nc2ccc(C(C(=O)N3CC4(CCO4)C3)C(F)(F)F)cc2s1. The average molecular weight is 494 g/mol. The molecule has 5 rings (SSSR count). The Balaban J connectivity index is 1.32. The van der Waals surface area contributed by atoms with Crippen molar-refractivity contribution in [1.82, 2.24) is 9.88 Å². The maximum atomic E-state index is 13.9. The van der Waals surface area contributed by atoms with Crippen LogP contribution in [-0.2, 0) is 9.53 Å². The summed E-state index contributed by atoms with van der Waals surface area (Å²) < 4.78 is 60.5. The van der Waals surface area contributed by atoms with E-state index in [0.29, 0.717) is 22.5 Å². The van der Waals surface area contributed by atoms with Crippen LogP contribution in [0.15, 0.2) is 42.5 Å². The Bertz CT molecular complexity index is 1250. The zero-order chi connectivity index (χ0) is 24.1. The van der Waals surface area contributed by atoms with E-state index in [1.165, 1.54) is 47.4 Å². The number of likely N-dealkylation sites (tertiary alicyclic amines) is 1. The van der Waals surface area contributed by atoms with Crippen molar-refractivity contribution in [3.05, 3.63) is 53.8 Å². The Morgan fingerprint density at radius 2 is 1.82 bits per heavy atom. The lowest BCUT2D eigenvalue weighted by Crippen LogP contribution is -2.70. The molecule has 2 aliphatic rings. The van der Waals surface area contributed by atoms with Crippen LogP contribution in [0.4, 0.5) is 33.2 Å². The topological polar surface area (TPSA) is 83.6 Å². The first kappa shape index (κ1) is 22.5. The number of carbonyl (C=O) groups is 2. The number of ether oxygens (including phenoxy) is 1. The van der Waals surface area contributed by atoms with Gasteiger partial charge in [0.15, 0.2) is 11.0 Å². The van der Waals surface area contributed by atoms with Crippen molar-refractivity contribution in [3.8, 4) is 0 Å². The zero-order valence-electron chi connectivity index (χ0n) is 17.5. The summed E-state index contributed by atoms with van der Waals surface area (Å²) in [5, 5.41) is 5.18. The second kappa shape index (κ2) is 8.20. The summed E-state index contributed by atoms with van der Waals surface area (Å²) in [4.78, 5) is 30.3. The Morgan fingerprint density at radius 3 is 2.44 bits per heavy atom. The van der Waals surface area contributed by atoms with Gasteiger partial charge >= 0.3 is 12.2 Å². The number of nitrogens with zero attached hydrogens (tertiary/aromatic N) is 2. The van der Waals surface area contributed by atoms with Gasteiger partial charge in [-0.2, -0.15) is 13.2 Å². The molecule has 0 bridgehead atoms. The van der Waals surface area contributed by atoms with Crippen molar-refractivity contribution in [1.29, 1.82) is 0 Å². The summed E-state index contributed by atoms with van der Waals surface area (Å²) >= 11 is 0.978. The highest BCUT2D eigenvalue weighted by Gasteiger charge is 2.55. The number of anilines is 2. The lowest BCUT2D eigenvalue weighted by Gasteiger charge is -2.55. The fourth-order valence-electron chi connectivity index (χ4n) is 4.07. The number of thiazole rings is 1. The van der Waals surface area contributed by atoms with Crippen molar-refractivity contribution >= 4 is 44.3 Å². The monoisotopic (exact) mass is 494 g/mol. The van der Waals surface area contributed by atoms with E-state index in [0.717, 1.165) is 17.8 Å². The van der Waals surface area contributed by atoms with Crippen LogP contribution in [0.1, 0.15) is 17.9 Å². The lowest BCUT2D eigenvalue weighted by molar-refractivity contribution is -0.229. The molecule has 0 radical (unpaired) electrons. The molecule has 34 heavy (non-hydrogen) atoms. The highest BCUT2D eigenvalue weighted by Crippen LogP contribution is 2.42. The van der Waals surface area contributed by atoms with Crippen molar-refractivity contribution in [2.45, 2.75) is 24.1 Å². The van der Waals surface area contributed by atoms with Gasteiger partial charge in [0.05, 0.1) is 29.9 Å². The number of hydrogen-bond acceptors (Lipinski definition) is 5. The number of benzene rings is 2. The average Bonchev–Trinajstić information content (AvgIpc) is 3.08. The number of amides is 3. The molecule has 178 valence electrons. The molecule has 2 aromatic carbocycles. The minimum absolute atomic E-state index is 0.161. The van der Waals surface area contributed by atoms with Gasteiger partial charge in [-0.3, -0.25) is 10.1 Å². The fraction of sp³-hybridized carbons (Fsp3) is 0.318. The van der Waals surface area contributed by atoms with Crippen LogP contribution in [0.5, 0.6) is 0 Å². The van der Waals surface area contributed by atoms with E-state index in [4.69, 9.17) is 4.74 Å². The first-order chi connectivity index (χ1) is 16.1. The van der Waals surface area contributed by atoms with Gasteiger partial charge in [-0.15, -0.1) is 0 Å². The second-order valence-electron chi connectivity index (χ2n) is 8.28. The summed E-state index contributed by atoms with van der Waals surface area (Å²) in [5.41, 5.74) is 0.0768. The Hall–Kier alpha value is -3.25. The van der Waals surface area contributed by atoms with Crippen LogP contribution in [0.25, 0.3) is 10.2 Å². The van der Waals surface area contributed by atoms with E-state index < -0.39 is 35.5 Å². The van der Waals surface area contributed by atoms with Gasteiger partial charge in [-0.05, 0) is 42.0 Å². The van der Waals surface area contributed by atoms with Crippen molar-refractivity contribution in [2.75, 3.05) is 30.3 Å². The Morgan fingerprint density at radius 1 is 1.12 bits per heavy atom.